The number of amides is 1. The Hall–Kier alpha value is -0.350. The number of piperidine rings is 1. The Bertz CT molecular complexity index is 422. The first-order valence-electron chi connectivity index (χ1n) is 6.30. The molecule has 2 rings (SSSR count). The monoisotopic (exact) mass is 373 g/mol. The van der Waals surface area contributed by atoms with E-state index in [1.807, 2.05) is 29.2 Å². The van der Waals surface area contributed by atoms with Crippen LogP contribution in [0, 0.1) is 0 Å². The topological polar surface area (TPSA) is 20.3 Å². The smallest absolute Gasteiger partial charge is 0.227 e. The molecule has 0 spiro atoms. The minimum atomic E-state index is 0.247. The fraction of sp³-hybridized carbons (Fsp3) is 0.500. The van der Waals surface area contributed by atoms with Crippen molar-refractivity contribution in [3.8, 4) is 0 Å². The van der Waals surface area contributed by atoms with Crippen LogP contribution in [0.15, 0.2) is 28.7 Å². The highest BCUT2D eigenvalue weighted by Gasteiger charge is 2.25. The minimum Gasteiger partial charge on any atom is -0.339 e. The maximum Gasteiger partial charge on any atom is 0.227 e. The van der Waals surface area contributed by atoms with Gasteiger partial charge in [0.2, 0.25) is 5.91 Å². The lowest BCUT2D eigenvalue weighted by atomic mass is 10.0. The van der Waals surface area contributed by atoms with Gasteiger partial charge < -0.3 is 4.90 Å². The molecule has 0 aliphatic carbocycles. The lowest BCUT2D eigenvalue weighted by molar-refractivity contribution is -0.133. The Balaban J connectivity index is 2.02. The fourth-order valence-electron chi connectivity index (χ4n) is 2.41. The number of benzene rings is 1. The molecule has 1 aliphatic rings. The van der Waals surface area contributed by atoms with Crippen LogP contribution < -0.4 is 0 Å². The summed E-state index contributed by atoms with van der Waals surface area (Å²) in [6, 6.07) is 8.36. The van der Waals surface area contributed by atoms with Gasteiger partial charge in [-0.1, -0.05) is 44.0 Å². The second kappa shape index (κ2) is 6.71. The summed E-state index contributed by atoms with van der Waals surface area (Å²) >= 11 is 6.96. The summed E-state index contributed by atoms with van der Waals surface area (Å²) < 4.78 is 1.03. The number of nitrogens with zero attached hydrogens (tertiary/aromatic N) is 1. The first-order valence-corrected chi connectivity index (χ1v) is 8.22. The van der Waals surface area contributed by atoms with Crippen molar-refractivity contribution in [3.05, 3.63) is 34.3 Å². The second-order valence-corrected chi connectivity index (χ2v) is 6.26. The molecule has 0 radical (unpaired) electrons. The molecule has 98 valence electrons. The van der Waals surface area contributed by atoms with Crippen LogP contribution in [-0.4, -0.2) is 28.7 Å². The quantitative estimate of drug-likeness (QED) is 0.737. The molecule has 18 heavy (non-hydrogen) atoms. The van der Waals surface area contributed by atoms with Crippen molar-refractivity contribution in [2.45, 2.75) is 31.7 Å². The van der Waals surface area contributed by atoms with E-state index in [-0.39, 0.29) is 5.91 Å². The van der Waals surface area contributed by atoms with Crippen molar-refractivity contribution in [1.82, 2.24) is 4.90 Å². The molecule has 0 aromatic heterocycles. The Labute approximate surface area is 125 Å². The molecule has 2 nitrogen and oxygen atoms in total. The predicted octanol–water partition coefficient (Wildman–Crippen LogP) is 3.77. The maximum atomic E-state index is 12.3. The van der Waals surface area contributed by atoms with Gasteiger partial charge in [-0.3, -0.25) is 4.79 Å². The number of carbonyl (C=O) groups is 1. The van der Waals surface area contributed by atoms with E-state index in [0.717, 1.165) is 34.8 Å². The van der Waals surface area contributed by atoms with E-state index in [9.17, 15) is 4.79 Å². The standard InChI is InChI=1S/C14H17Br2NO/c15-10-13-6-1-2-7-17(13)14(18)9-11-4-3-5-12(16)8-11/h3-5,8,13H,1-2,6-7,9-10H2. The summed E-state index contributed by atoms with van der Waals surface area (Å²) in [7, 11) is 0. The molecule has 1 unspecified atom stereocenters. The number of rotatable bonds is 3. The van der Waals surface area contributed by atoms with Gasteiger partial charge in [0.15, 0.2) is 0 Å². The highest BCUT2D eigenvalue weighted by molar-refractivity contribution is 9.10. The zero-order valence-corrected chi connectivity index (χ0v) is 13.4. The molecule has 1 heterocycles. The average Bonchev–Trinajstić information content (AvgIpc) is 2.38. The van der Waals surface area contributed by atoms with Gasteiger partial charge in [0.1, 0.15) is 0 Å². The first kappa shape index (κ1) is 14.1. The first-order chi connectivity index (χ1) is 8.70. The highest BCUT2D eigenvalue weighted by atomic mass is 79.9. The molecule has 1 saturated heterocycles. The number of hydrogen-bond donors (Lipinski definition) is 0. The minimum absolute atomic E-state index is 0.247. The summed E-state index contributed by atoms with van der Waals surface area (Å²) in [4.78, 5) is 14.4. The highest BCUT2D eigenvalue weighted by Crippen LogP contribution is 2.20. The van der Waals surface area contributed by atoms with Crippen LogP contribution in [0.25, 0.3) is 0 Å². The van der Waals surface area contributed by atoms with Gasteiger partial charge >= 0.3 is 0 Å². The Morgan fingerprint density at radius 3 is 2.94 bits per heavy atom. The van der Waals surface area contributed by atoms with Crippen LogP contribution in [0.2, 0.25) is 0 Å². The van der Waals surface area contributed by atoms with E-state index >= 15 is 0 Å². The molecule has 1 fully saturated rings. The van der Waals surface area contributed by atoms with E-state index in [4.69, 9.17) is 0 Å². The second-order valence-electron chi connectivity index (χ2n) is 4.70. The van der Waals surface area contributed by atoms with Gasteiger partial charge in [-0.15, -0.1) is 0 Å². The van der Waals surface area contributed by atoms with Crippen LogP contribution >= 0.6 is 31.9 Å². The molecule has 0 N–H and O–H groups in total. The lowest BCUT2D eigenvalue weighted by Gasteiger charge is -2.34. The zero-order chi connectivity index (χ0) is 13.0. The third kappa shape index (κ3) is 3.58. The Morgan fingerprint density at radius 1 is 1.39 bits per heavy atom. The normalized spacial score (nSPS) is 19.9. The van der Waals surface area contributed by atoms with E-state index < -0.39 is 0 Å². The zero-order valence-electron chi connectivity index (χ0n) is 10.2. The molecule has 1 amide bonds. The number of carbonyl (C=O) groups excluding carboxylic acids is 1. The van der Waals surface area contributed by atoms with Crippen LogP contribution in [0.1, 0.15) is 24.8 Å². The lowest BCUT2D eigenvalue weighted by Crippen LogP contribution is -2.45. The molecule has 1 atom stereocenters. The van der Waals surface area contributed by atoms with Crippen LogP contribution in [0.4, 0.5) is 0 Å². The number of alkyl halides is 1. The van der Waals surface area contributed by atoms with Crippen LogP contribution in [-0.2, 0) is 11.2 Å². The molecule has 1 aromatic carbocycles. The largest absolute Gasteiger partial charge is 0.339 e. The third-order valence-electron chi connectivity index (χ3n) is 3.37. The summed E-state index contributed by atoms with van der Waals surface area (Å²) in [5.41, 5.74) is 1.08. The van der Waals surface area contributed by atoms with Crippen molar-refractivity contribution in [2.24, 2.45) is 0 Å². The molecule has 1 aliphatic heterocycles. The van der Waals surface area contributed by atoms with E-state index in [1.54, 1.807) is 0 Å². The summed E-state index contributed by atoms with van der Waals surface area (Å²) in [5.74, 6) is 0.247. The van der Waals surface area contributed by atoms with Crippen molar-refractivity contribution >= 4 is 37.8 Å². The Kier molecular flexibility index (Phi) is 5.25. The number of likely N-dealkylation sites (tertiary alicyclic amines) is 1. The molecule has 4 heteroatoms. The van der Waals surface area contributed by atoms with Gasteiger partial charge in [0, 0.05) is 22.4 Å². The maximum absolute atomic E-state index is 12.3. The van der Waals surface area contributed by atoms with Gasteiger partial charge in [-0.25, -0.2) is 0 Å². The van der Waals surface area contributed by atoms with E-state index in [1.165, 1.54) is 6.42 Å². The van der Waals surface area contributed by atoms with Crippen molar-refractivity contribution in [3.63, 3.8) is 0 Å². The van der Waals surface area contributed by atoms with Crippen LogP contribution in [0.5, 0.6) is 0 Å². The van der Waals surface area contributed by atoms with Crippen LogP contribution in [0.3, 0.4) is 0 Å². The van der Waals surface area contributed by atoms with Gasteiger partial charge in [0.05, 0.1) is 6.42 Å². The number of hydrogen-bond acceptors (Lipinski definition) is 1. The third-order valence-corrected chi connectivity index (χ3v) is 4.61. The molecule has 1 aromatic rings. The molecule has 0 saturated carbocycles. The molecule has 0 bridgehead atoms. The van der Waals surface area contributed by atoms with Gasteiger partial charge in [0.25, 0.3) is 0 Å². The van der Waals surface area contributed by atoms with E-state index in [2.05, 4.69) is 31.9 Å². The summed E-state index contributed by atoms with van der Waals surface area (Å²) in [6.07, 6.45) is 3.99. The van der Waals surface area contributed by atoms with Crippen molar-refractivity contribution in [2.75, 3.05) is 11.9 Å². The molecular weight excluding hydrogens is 358 g/mol. The fourth-order valence-corrected chi connectivity index (χ4v) is 3.53. The Morgan fingerprint density at radius 2 is 2.22 bits per heavy atom. The SMILES string of the molecule is O=C(Cc1cccc(Br)c1)N1CCCCC1CBr. The van der Waals surface area contributed by atoms with Crippen molar-refractivity contribution in [1.29, 1.82) is 0 Å². The number of halogens is 2. The predicted molar refractivity (Wildman–Crippen MR) is 81.0 cm³/mol. The summed E-state index contributed by atoms with van der Waals surface area (Å²) in [6.45, 7) is 0.906. The van der Waals surface area contributed by atoms with Gasteiger partial charge in [-0.05, 0) is 37.0 Å². The molecular formula is C14H17Br2NO. The van der Waals surface area contributed by atoms with Crippen molar-refractivity contribution < 1.29 is 4.79 Å². The average molecular weight is 375 g/mol. The summed E-state index contributed by atoms with van der Waals surface area (Å²) in [5, 5.41) is 0.886. The van der Waals surface area contributed by atoms with E-state index in [0.29, 0.717) is 12.5 Å². The van der Waals surface area contributed by atoms with Gasteiger partial charge in [-0.2, -0.15) is 0 Å².